The van der Waals surface area contributed by atoms with Gasteiger partial charge in [-0.3, -0.25) is 4.79 Å². The van der Waals surface area contributed by atoms with E-state index in [4.69, 9.17) is 15.3 Å². The highest BCUT2D eigenvalue weighted by Gasteiger charge is 2.27. The molecule has 0 aliphatic heterocycles. The summed E-state index contributed by atoms with van der Waals surface area (Å²) in [5.74, 6) is 5.33. The van der Waals surface area contributed by atoms with Crippen molar-refractivity contribution in [2.45, 2.75) is 92.0 Å². The fourth-order valence-corrected chi connectivity index (χ4v) is 2.84. The fraction of sp³-hybridized carbons (Fsp3) is 0.900. The number of carbonyl (C=O) groups excluding carboxylic acids is 1. The van der Waals surface area contributed by atoms with Crippen molar-refractivity contribution in [2.75, 3.05) is 13.2 Å². The molecule has 1 fully saturated rings. The molecule has 0 bridgehead atoms. The SMILES string of the molecule is CC(C)C(N=NC(COC[C@H](C)NC1CCCCC1)=NN)OC(=O)C(C)(C)C. The summed E-state index contributed by atoms with van der Waals surface area (Å²) in [6, 6.07) is 0.828. The number of nitrogens with one attached hydrogen (secondary N) is 1. The normalized spacial score (nSPS) is 19.2. The maximum Gasteiger partial charge on any atom is 0.313 e. The van der Waals surface area contributed by atoms with E-state index >= 15 is 0 Å². The van der Waals surface area contributed by atoms with Crippen LogP contribution in [0.3, 0.4) is 0 Å². The molecule has 1 rings (SSSR count). The van der Waals surface area contributed by atoms with Gasteiger partial charge in [0.25, 0.3) is 0 Å². The Morgan fingerprint density at radius 1 is 1.18 bits per heavy atom. The standard InChI is InChI=1S/C20H39N5O3/c1-14(2)18(28-19(26)20(4,5)6)25-24-17(23-21)13-27-12-15(3)22-16-10-8-7-9-11-16/h14-16,18,22H,7-13,21H2,1-6H3/t15-,18?/m0/s1. The Balaban J connectivity index is 2.45. The van der Waals surface area contributed by atoms with Gasteiger partial charge in [-0.2, -0.15) is 5.10 Å². The van der Waals surface area contributed by atoms with Gasteiger partial charge in [0.05, 0.1) is 12.0 Å². The highest BCUT2D eigenvalue weighted by atomic mass is 16.6. The van der Waals surface area contributed by atoms with Crippen LogP contribution in [0.25, 0.3) is 0 Å². The van der Waals surface area contributed by atoms with Crippen molar-refractivity contribution >= 4 is 11.8 Å². The number of hydrazone groups is 1. The van der Waals surface area contributed by atoms with Gasteiger partial charge < -0.3 is 20.6 Å². The van der Waals surface area contributed by atoms with E-state index < -0.39 is 11.6 Å². The van der Waals surface area contributed by atoms with Crippen molar-refractivity contribution in [1.29, 1.82) is 0 Å². The average molecular weight is 398 g/mol. The van der Waals surface area contributed by atoms with Crippen molar-refractivity contribution in [3.05, 3.63) is 0 Å². The maximum absolute atomic E-state index is 12.1. The van der Waals surface area contributed by atoms with Crippen LogP contribution in [0.5, 0.6) is 0 Å². The first kappa shape index (κ1) is 24.5. The van der Waals surface area contributed by atoms with E-state index in [2.05, 4.69) is 27.6 Å². The predicted octanol–water partition coefficient (Wildman–Crippen LogP) is 3.61. The third-order valence-electron chi connectivity index (χ3n) is 4.57. The van der Waals surface area contributed by atoms with Crippen LogP contribution in [-0.4, -0.2) is 43.3 Å². The largest absolute Gasteiger partial charge is 0.437 e. The number of azo groups is 1. The van der Waals surface area contributed by atoms with Crippen molar-refractivity contribution in [3.8, 4) is 0 Å². The molecule has 8 heteroatoms. The minimum Gasteiger partial charge on any atom is -0.437 e. The van der Waals surface area contributed by atoms with E-state index in [1.807, 2.05) is 13.8 Å². The third-order valence-corrected chi connectivity index (χ3v) is 4.57. The van der Waals surface area contributed by atoms with E-state index in [9.17, 15) is 4.79 Å². The van der Waals surface area contributed by atoms with Gasteiger partial charge in [0, 0.05) is 18.0 Å². The Morgan fingerprint density at radius 2 is 1.82 bits per heavy atom. The van der Waals surface area contributed by atoms with Crippen molar-refractivity contribution in [1.82, 2.24) is 5.32 Å². The Hall–Kier alpha value is -1.54. The molecule has 1 aliphatic carbocycles. The minimum atomic E-state index is -0.685. The molecule has 0 aromatic rings. The molecule has 1 unspecified atom stereocenters. The maximum atomic E-state index is 12.1. The first-order chi connectivity index (χ1) is 13.1. The zero-order valence-corrected chi connectivity index (χ0v) is 18.4. The Labute approximate surface area is 169 Å². The lowest BCUT2D eigenvalue weighted by molar-refractivity contribution is -0.160. The van der Waals surface area contributed by atoms with Crippen LogP contribution >= 0.6 is 0 Å². The molecule has 0 spiro atoms. The number of amidine groups is 1. The van der Waals surface area contributed by atoms with Crippen LogP contribution in [0.2, 0.25) is 0 Å². The predicted molar refractivity (Wildman–Crippen MR) is 111 cm³/mol. The molecule has 8 nitrogen and oxygen atoms in total. The molecular weight excluding hydrogens is 358 g/mol. The van der Waals surface area contributed by atoms with Crippen molar-refractivity contribution in [3.63, 3.8) is 0 Å². The Morgan fingerprint density at radius 3 is 2.36 bits per heavy atom. The van der Waals surface area contributed by atoms with Gasteiger partial charge >= 0.3 is 5.97 Å². The lowest BCUT2D eigenvalue weighted by Crippen LogP contribution is -2.40. The quantitative estimate of drug-likeness (QED) is 0.154. The minimum absolute atomic E-state index is 0.0188. The highest BCUT2D eigenvalue weighted by Crippen LogP contribution is 2.20. The number of rotatable bonds is 9. The number of nitrogens with zero attached hydrogens (tertiary/aromatic N) is 3. The zero-order chi connectivity index (χ0) is 21.2. The number of hydrogen-bond donors (Lipinski definition) is 2. The number of hydrogen-bond acceptors (Lipinski definition) is 7. The van der Waals surface area contributed by atoms with Crippen molar-refractivity contribution in [2.24, 2.45) is 32.5 Å². The third kappa shape index (κ3) is 9.59. The van der Waals surface area contributed by atoms with Gasteiger partial charge in [-0.05, 0) is 40.5 Å². The number of esters is 1. The van der Waals surface area contributed by atoms with Gasteiger partial charge in [-0.1, -0.05) is 33.1 Å². The molecule has 162 valence electrons. The van der Waals surface area contributed by atoms with Gasteiger partial charge in [-0.25, -0.2) is 0 Å². The molecule has 2 atom stereocenters. The van der Waals surface area contributed by atoms with E-state index in [1.165, 1.54) is 32.1 Å². The van der Waals surface area contributed by atoms with Crippen molar-refractivity contribution < 1.29 is 14.3 Å². The molecule has 0 aromatic carbocycles. The second kappa shape index (κ2) is 12.1. The second-order valence-electron chi connectivity index (χ2n) is 8.97. The molecule has 0 aromatic heterocycles. The summed E-state index contributed by atoms with van der Waals surface area (Å²) < 4.78 is 11.1. The van der Waals surface area contributed by atoms with Crippen LogP contribution < -0.4 is 11.2 Å². The fourth-order valence-electron chi connectivity index (χ4n) is 2.84. The first-order valence-corrected chi connectivity index (χ1v) is 10.4. The summed E-state index contributed by atoms with van der Waals surface area (Å²) in [7, 11) is 0. The smallest absolute Gasteiger partial charge is 0.313 e. The summed E-state index contributed by atoms with van der Waals surface area (Å²) in [5, 5.41) is 15.4. The molecule has 1 aliphatic rings. The molecule has 3 N–H and O–H groups in total. The number of nitrogens with two attached hydrogens (primary N) is 1. The van der Waals surface area contributed by atoms with Gasteiger partial charge in [0.1, 0.15) is 6.61 Å². The molecule has 0 heterocycles. The van der Waals surface area contributed by atoms with E-state index in [1.54, 1.807) is 20.8 Å². The first-order valence-electron chi connectivity index (χ1n) is 10.4. The summed E-state index contributed by atoms with van der Waals surface area (Å²) in [6.45, 7) is 12.0. The number of ether oxygens (including phenoxy) is 2. The Bertz CT molecular complexity index is 522. The lowest BCUT2D eigenvalue weighted by Gasteiger charge is -2.26. The van der Waals surface area contributed by atoms with Crippen LogP contribution in [0.15, 0.2) is 15.3 Å². The van der Waals surface area contributed by atoms with Crippen LogP contribution in [0.1, 0.15) is 73.6 Å². The average Bonchev–Trinajstić information content (AvgIpc) is 2.62. The molecule has 1 saturated carbocycles. The molecular formula is C20H39N5O3. The topological polar surface area (TPSA) is 111 Å². The second-order valence-corrected chi connectivity index (χ2v) is 8.97. The molecule has 0 radical (unpaired) electrons. The summed E-state index contributed by atoms with van der Waals surface area (Å²) in [6.07, 6.45) is 5.72. The van der Waals surface area contributed by atoms with E-state index in [-0.39, 0.29) is 30.4 Å². The number of carbonyl (C=O) groups is 1. The van der Waals surface area contributed by atoms with Gasteiger partial charge in [-0.15, -0.1) is 10.2 Å². The van der Waals surface area contributed by atoms with Gasteiger partial charge in [0.2, 0.25) is 6.23 Å². The van der Waals surface area contributed by atoms with E-state index in [0.29, 0.717) is 12.6 Å². The van der Waals surface area contributed by atoms with Crippen LogP contribution in [0.4, 0.5) is 0 Å². The highest BCUT2D eigenvalue weighted by molar-refractivity contribution is 5.83. The monoisotopic (exact) mass is 397 g/mol. The Kier molecular flexibility index (Phi) is 10.6. The molecule has 0 amide bonds. The summed E-state index contributed by atoms with van der Waals surface area (Å²) in [5.41, 5.74) is -0.599. The van der Waals surface area contributed by atoms with Crippen LogP contribution in [0, 0.1) is 11.3 Å². The van der Waals surface area contributed by atoms with E-state index in [0.717, 1.165) is 0 Å². The lowest BCUT2D eigenvalue weighted by atomic mass is 9.95. The summed E-state index contributed by atoms with van der Waals surface area (Å²) >= 11 is 0. The molecule has 0 saturated heterocycles. The van der Waals surface area contributed by atoms with Crippen LogP contribution in [-0.2, 0) is 14.3 Å². The zero-order valence-electron chi connectivity index (χ0n) is 18.4. The summed E-state index contributed by atoms with van der Waals surface area (Å²) in [4.78, 5) is 12.1. The molecule has 28 heavy (non-hydrogen) atoms. The van der Waals surface area contributed by atoms with Gasteiger partial charge in [0.15, 0.2) is 5.84 Å².